The van der Waals surface area contributed by atoms with Gasteiger partial charge in [0, 0.05) is 154 Å². The summed E-state index contributed by atoms with van der Waals surface area (Å²) >= 11 is 0. The number of nitrogens with one attached hydrogen (secondary N) is 2. The van der Waals surface area contributed by atoms with Crippen LogP contribution in [0.3, 0.4) is 0 Å². The zero-order chi connectivity index (χ0) is 103. The molecule has 34 heteroatoms. The van der Waals surface area contributed by atoms with Crippen LogP contribution < -0.4 is 0 Å². The number of aryl methyl sites for hydroxylation is 6. The normalized spacial score (nSPS) is 14.1. The number of imidazole rings is 1. The fourth-order valence-electron chi connectivity index (χ4n) is 19.1. The fourth-order valence-corrected chi connectivity index (χ4v) is 19.1. The molecule has 149 heavy (non-hydrogen) atoms. The van der Waals surface area contributed by atoms with Gasteiger partial charge in [0.05, 0.1) is 97.7 Å². The lowest BCUT2D eigenvalue weighted by Crippen LogP contribution is -2.43. The number of alkyl halides is 9. The number of likely N-dealkylation sites (N-methyl/N-ethyl adjacent to an activating group) is 2. The van der Waals surface area contributed by atoms with Gasteiger partial charge in [-0.25, -0.2) is 9.97 Å². The molecule has 0 unspecified atom stereocenters. The van der Waals surface area contributed by atoms with E-state index < -0.39 is 35.2 Å². The maximum atomic E-state index is 13.8. The van der Waals surface area contributed by atoms with E-state index in [-0.39, 0.29) is 19.3 Å². The Labute approximate surface area is 850 Å². The van der Waals surface area contributed by atoms with Crippen LogP contribution in [0.4, 0.5) is 39.5 Å². The van der Waals surface area contributed by atoms with Crippen molar-refractivity contribution >= 4 is 77.0 Å². The summed E-state index contributed by atoms with van der Waals surface area (Å²) in [7, 11) is 4.25. The maximum absolute atomic E-state index is 13.8. The predicted molar refractivity (Wildman–Crippen MR) is 549 cm³/mol. The van der Waals surface area contributed by atoms with Crippen molar-refractivity contribution in [3.05, 3.63) is 364 Å². The highest BCUT2D eigenvalue weighted by Gasteiger charge is 2.35. The number of H-pyrrole nitrogens is 2. The van der Waals surface area contributed by atoms with Crippen molar-refractivity contribution in [2.45, 2.75) is 125 Å². The number of likely N-dealkylation sites (tertiary alicyclic amines) is 1. The number of pyridine rings is 3. The predicted octanol–water partition coefficient (Wildman–Crippen LogP) is 21.3. The number of piperazine rings is 2. The molecule has 9 aromatic carbocycles. The average Bonchev–Trinajstić information content (AvgIpc) is 1.58. The van der Waals surface area contributed by atoms with Gasteiger partial charge in [0.15, 0.2) is 28.0 Å². The molecule has 25 nitrogen and oxygen atoms in total. The van der Waals surface area contributed by atoms with Crippen LogP contribution in [0.25, 0.3) is 77.0 Å². The topological polar surface area (TPSA) is 264 Å². The van der Waals surface area contributed by atoms with E-state index in [0.29, 0.717) is 114 Å². The summed E-state index contributed by atoms with van der Waals surface area (Å²) in [5, 5.41) is 50.4. The summed E-state index contributed by atoms with van der Waals surface area (Å²) in [6, 6.07) is 50.3. The molecule has 14 heterocycles. The summed E-state index contributed by atoms with van der Waals surface area (Å²) < 4.78 is 149. The van der Waals surface area contributed by atoms with Crippen molar-refractivity contribution in [2.24, 2.45) is 0 Å². The Morgan fingerprint density at radius 3 is 1.30 bits per heavy atom. The number of aromatic nitrogens is 16. The zero-order valence-electron chi connectivity index (χ0n) is 82.8. The molecule has 20 aromatic rings. The molecule has 0 spiro atoms. The number of aromatic amines is 2. The van der Waals surface area contributed by atoms with E-state index in [1.807, 2.05) is 122 Å². The van der Waals surface area contributed by atoms with Gasteiger partial charge < -0.3 is 32.3 Å². The number of tetrazole rings is 1. The monoisotopic (exact) mass is 2010 g/mol. The number of nitrogens with zero attached hydrogens (tertiary/aromatic N) is 19. The van der Waals surface area contributed by atoms with Crippen LogP contribution in [0.2, 0.25) is 0 Å². The quantitative estimate of drug-likeness (QED) is 0.0757. The second kappa shape index (κ2) is 42.9. The first-order chi connectivity index (χ1) is 71.8. The second-order valence-corrected chi connectivity index (χ2v) is 38.5. The SMILES string of the molecule is Cc1cc(Cc2noc3c(C#Cc4ccc5n[nH]nc5c4)c(C)ccc23)cc(CN2CCN(C)CC2)c1.Cc1cc(Cc2noc3c(C#Cc4ccc5nnnn5c4)c(C)ccc23)cc(C(F)(F)F)c1.Cc1ccc2c(Cc3cc(CN4CCCCC4)cc(C(F)(F)F)c3)noc2c1C#Cc1ccc2cncn2c1.Cc1ccc2c(Cc3cc(CN4CCN(C)CC4)cc(C(F)(F)F)c3)noc2c1C#Cc1cc2cn[nH]c2cn1. The minimum absolute atomic E-state index is 0.210. The molecule has 3 aliphatic heterocycles. The Bertz CT molecular complexity index is 8690. The standard InChI is InChI=1S/C31H27F3N4O.C30H27F3N6O.C30H30N6O.C24H16F3N5O/c1-21-5-9-28-29(36-39-30(28)27(21)10-7-22-6-8-26-17-35-20-38(26)19-22)16-23-13-24(15-25(14-23)31(32,33)34)18-37-11-3-2-4-12-37;1-19-3-5-26-27(37-40-29(26)25(19)6-4-24-15-22-16-35-36-28(22)17-34-24)14-20-11-21(13-23(12-20)30(31,32)33)18-39-9-7-38(2)8-10-39;1-20-14-23(16-24(15-20)19-36-12-10-35(3)11-13-36)18-28-26-7-4-21(2)25(30(26)37-33-28)8-5-22-6-9-27-29(17-22)32-34-31-27;1-14-9-17(11-18(10-14)24(25,26)27)12-21-20-6-3-15(2)19(23(20)33-29-21)7-4-16-5-8-22-28-30-31-32(22)13-16/h5-6,8-9,13-15,17,19-20H,2-4,11-12,16,18H2,1H3;3,5,11-13,15-17H,7-10,14,18H2,1-2H3,(H,35,36);4,6-7,9,14-17H,10-13,18-19H2,1-3H3,(H,31,32,34);3,5-6,8-11,13H,12H2,1-2H3. The second-order valence-electron chi connectivity index (χ2n) is 38.5. The molecular formula is C115H100F9N21O4. The number of halogens is 9. The molecule has 3 fully saturated rings. The van der Waals surface area contributed by atoms with Crippen LogP contribution in [0, 0.1) is 88.9 Å². The zero-order valence-corrected chi connectivity index (χ0v) is 82.8. The third-order valence-corrected chi connectivity index (χ3v) is 27.0. The van der Waals surface area contributed by atoms with Crippen molar-refractivity contribution in [3.8, 4) is 47.4 Å². The number of hydrogen-bond donors (Lipinski definition) is 2. The van der Waals surface area contributed by atoms with E-state index in [9.17, 15) is 39.5 Å². The first kappa shape index (κ1) is 99.9. The number of rotatable bonds is 14. The largest absolute Gasteiger partial charge is 0.416 e. The highest BCUT2D eigenvalue weighted by molar-refractivity contribution is 5.90. The van der Waals surface area contributed by atoms with Gasteiger partial charge in [-0.1, -0.05) is 140 Å². The molecule has 0 bridgehead atoms. The van der Waals surface area contributed by atoms with Crippen molar-refractivity contribution in [3.63, 3.8) is 0 Å². The minimum Gasteiger partial charge on any atom is -0.355 e. The Hall–Kier alpha value is -16.5. The lowest BCUT2D eigenvalue weighted by atomic mass is 9.98. The highest BCUT2D eigenvalue weighted by atomic mass is 19.4. The third kappa shape index (κ3) is 23.6. The molecule has 0 amide bonds. The maximum Gasteiger partial charge on any atom is 0.416 e. The van der Waals surface area contributed by atoms with Crippen molar-refractivity contribution in [2.75, 3.05) is 79.5 Å². The van der Waals surface area contributed by atoms with Crippen molar-refractivity contribution in [1.29, 1.82) is 0 Å². The summed E-state index contributed by atoms with van der Waals surface area (Å²) in [5.41, 5.74) is 24.2. The molecule has 3 aliphatic rings. The average molecular weight is 2010 g/mol. The summed E-state index contributed by atoms with van der Waals surface area (Å²) in [4.78, 5) is 20.1. The molecule has 0 aliphatic carbocycles. The number of hydrogen-bond acceptors (Lipinski definition) is 21. The Morgan fingerprint density at radius 2 is 0.792 bits per heavy atom. The molecule has 2 N–H and O–H groups in total. The molecule has 23 rings (SSSR count). The molecule has 752 valence electrons. The van der Waals surface area contributed by atoms with Gasteiger partial charge in [-0.05, 0) is 268 Å². The smallest absolute Gasteiger partial charge is 0.355 e. The Balaban J connectivity index is 0.000000121. The van der Waals surface area contributed by atoms with E-state index in [0.717, 1.165) is 203 Å². The van der Waals surface area contributed by atoms with Gasteiger partial charge in [0.1, 0.15) is 16.7 Å². The van der Waals surface area contributed by atoms with Crippen molar-refractivity contribution < 1.29 is 57.6 Å². The Kier molecular flexibility index (Phi) is 28.8. The van der Waals surface area contributed by atoms with Crippen LogP contribution >= 0.6 is 0 Å². The minimum atomic E-state index is -4.44. The van der Waals surface area contributed by atoms with Gasteiger partial charge >= 0.3 is 18.5 Å². The molecule has 0 atom stereocenters. The van der Waals surface area contributed by atoms with Gasteiger partial charge in [-0.2, -0.15) is 64.5 Å². The van der Waals surface area contributed by atoms with Crippen LogP contribution in [-0.2, 0) is 63.8 Å². The van der Waals surface area contributed by atoms with E-state index in [4.69, 9.17) is 18.1 Å². The van der Waals surface area contributed by atoms with Gasteiger partial charge in [0.25, 0.3) is 0 Å². The Morgan fingerprint density at radius 1 is 0.376 bits per heavy atom. The fraction of sp³-hybridized carbons (Fsp3) is 0.270. The molecule has 11 aromatic heterocycles. The molecule has 0 saturated carbocycles. The first-order valence-corrected chi connectivity index (χ1v) is 48.9. The first-order valence-electron chi connectivity index (χ1n) is 48.9. The molecule has 3 saturated heterocycles. The van der Waals surface area contributed by atoms with Gasteiger partial charge in [-0.3, -0.25) is 19.8 Å². The van der Waals surface area contributed by atoms with Crippen LogP contribution in [0.1, 0.15) is 176 Å². The summed E-state index contributed by atoms with van der Waals surface area (Å²) in [6.07, 6.45) is 1.98. The van der Waals surface area contributed by atoms with Crippen molar-refractivity contribution in [1.82, 2.24) is 105 Å². The summed E-state index contributed by atoms with van der Waals surface area (Å²) in [6.45, 7) is 23.4. The molecular weight excluding hydrogens is 1910 g/mol. The van der Waals surface area contributed by atoms with Gasteiger partial charge in [0.2, 0.25) is 0 Å². The van der Waals surface area contributed by atoms with E-state index in [1.165, 1.54) is 51.9 Å². The summed E-state index contributed by atoms with van der Waals surface area (Å²) in [5.74, 6) is 25.5. The van der Waals surface area contributed by atoms with Crippen LogP contribution in [0.5, 0.6) is 0 Å². The van der Waals surface area contributed by atoms with Crippen LogP contribution in [0.15, 0.2) is 225 Å². The lowest BCUT2D eigenvalue weighted by molar-refractivity contribution is -0.138. The van der Waals surface area contributed by atoms with Gasteiger partial charge in [-0.15, -0.1) is 5.10 Å². The number of piperidine rings is 1. The molecule has 0 radical (unpaired) electrons. The van der Waals surface area contributed by atoms with E-state index in [2.05, 4.69) is 202 Å². The highest BCUT2D eigenvalue weighted by Crippen LogP contribution is 2.39. The lowest BCUT2D eigenvalue weighted by Gasteiger charge is -2.32. The third-order valence-electron chi connectivity index (χ3n) is 27.0. The van der Waals surface area contributed by atoms with E-state index in [1.54, 1.807) is 50.2 Å². The number of benzene rings is 9. The van der Waals surface area contributed by atoms with Crippen LogP contribution in [-0.4, -0.2) is 185 Å². The van der Waals surface area contributed by atoms with E-state index >= 15 is 0 Å². The number of fused-ring (bicyclic) bond motifs is 8.